The highest BCUT2D eigenvalue weighted by atomic mass is 19.1. The van der Waals surface area contributed by atoms with Crippen molar-refractivity contribution in [3.63, 3.8) is 0 Å². The molecule has 1 amide bonds. The SMILES string of the molecule is COc1ccc2nccc(Oc3ccc(NC(=O)c4cn(C)c(C)c(-c5ccc(F)cc5C)c4=O)cc3F)c2n1. The van der Waals surface area contributed by atoms with Gasteiger partial charge in [0.25, 0.3) is 5.91 Å². The van der Waals surface area contributed by atoms with Gasteiger partial charge in [0.2, 0.25) is 11.3 Å². The largest absolute Gasteiger partial charge is 0.481 e. The molecule has 0 atom stereocenters. The van der Waals surface area contributed by atoms with Gasteiger partial charge in [0.15, 0.2) is 17.3 Å². The number of aromatic nitrogens is 3. The van der Waals surface area contributed by atoms with Crippen LogP contribution >= 0.6 is 0 Å². The molecule has 0 aliphatic rings. The molecule has 40 heavy (non-hydrogen) atoms. The van der Waals surface area contributed by atoms with Gasteiger partial charge in [-0.3, -0.25) is 14.6 Å². The molecular formula is C30H24F2N4O4. The number of nitrogens with zero attached hydrogens (tertiary/aromatic N) is 3. The molecule has 0 spiro atoms. The molecule has 0 bridgehead atoms. The zero-order valence-corrected chi connectivity index (χ0v) is 22.1. The average molecular weight is 543 g/mol. The second kappa shape index (κ2) is 10.6. The van der Waals surface area contributed by atoms with Crippen LogP contribution in [0.25, 0.3) is 22.2 Å². The third-order valence-electron chi connectivity index (χ3n) is 6.53. The maximum absolute atomic E-state index is 15.1. The van der Waals surface area contributed by atoms with Crippen LogP contribution in [0.4, 0.5) is 14.5 Å². The molecule has 0 radical (unpaired) electrons. The highest BCUT2D eigenvalue weighted by Crippen LogP contribution is 2.32. The molecule has 0 unspecified atom stereocenters. The van der Waals surface area contributed by atoms with Gasteiger partial charge in [-0.15, -0.1) is 0 Å². The van der Waals surface area contributed by atoms with Crippen molar-refractivity contribution in [2.45, 2.75) is 13.8 Å². The Morgan fingerprint density at radius 2 is 1.80 bits per heavy atom. The minimum atomic E-state index is -0.745. The predicted molar refractivity (Wildman–Crippen MR) is 147 cm³/mol. The summed E-state index contributed by atoms with van der Waals surface area (Å²) in [5.41, 5.74) is 2.38. The van der Waals surface area contributed by atoms with Crippen molar-refractivity contribution in [2.75, 3.05) is 12.4 Å². The molecule has 2 aromatic carbocycles. The lowest BCUT2D eigenvalue weighted by atomic mass is 9.97. The van der Waals surface area contributed by atoms with E-state index in [2.05, 4.69) is 15.3 Å². The van der Waals surface area contributed by atoms with E-state index in [4.69, 9.17) is 9.47 Å². The lowest BCUT2D eigenvalue weighted by Crippen LogP contribution is -2.25. The van der Waals surface area contributed by atoms with Crippen LogP contribution in [0.1, 0.15) is 21.6 Å². The zero-order valence-electron chi connectivity index (χ0n) is 22.1. The molecule has 8 nitrogen and oxygen atoms in total. The van der Waals surface area contributed by atoms with Crippen LogP contribution in [0.3, 0.4) is 0 Å². The first-order valence-electron chi connectivity index (χ1n) is 12.2. The number of aryl methyl sites for hydroxylation is 2. The molecule has 0 fully saturated rings. The number of amides is 1. The topological polar surface area (TPSA) is 95.3 Å². The highest BCUT2D eigenvalue weighted by Gasteiger charge is 2.20. The van der Waals surface area contributed by atoms with Crippen molar-refractivity contribution >= 4 is 22.6 Å². The molecule has 202 valence electrons. The number of methoxy groups -OCH3 is 1. The fourth-order valence-corrected chi connectivity index (χ4v) is 4.37. The number of carbonyl (C=O) groups is 1. The third kappa shape index (κ3) is 4.98. The van der Waals surface area contributed by atoms with Crippen molar-refractivity contribution in [3.05, 3.63) is 106 Å². The minimum Gasteiger partial charge on any atom is -0.481 e. The molecule has 3 aromatic heterocycles. The summed E-state index contributed by atoms with van der Waals surface area (Å²) in [6.45, 7) is 3.44. The lowest BCUT2D eigenvalue weighted by Gasteiger charge is -2.15. The summed E-state index contributed by atoms with van der Waals surface area (Å²) in [5, 5.41) is 2.58. The van der Waals surface area contributed by atoms with Gasteiger partial charge in [-0.05, 0) is 55.3 Å². The maximum Gasteiger partial charge on any atom is 0.261 e. The van der Waals surface area contributed by atoms with E-state index < -0.39 is 23.0 Å². The smallest absolute Gasteiger partial charge is 0.261 e. The summed E-state index contributed by atoms with van der Waals surface area (Å²) < 4.78 is 41.3. The average Bonchev–Trinajstić information content (AvgIpc) is 2.93. The quantitative estimate of drug-likeness (QED) is 0.285. The zero-order chi connectivity index (χ0) is 28.6. The number of benzene rings is 2. The van der Waals surface area contributed by atoms with Crippen molar-refractivity contribution in [2.24, 2.45) is 7.05 Å². The summed E-state index contributed by atoms with van der Waals surface area (Å²) in [7, 11) is 3.18. The summed E-state index contributed by atoms with van der Waals surface area (Å²) in [4.78, 5) is 35.1. The Bertz CT molecular complexity index is 1850. The molecule has 0 aliphatic heterocycles. The Kier molecular flexibility index (Phi) is 7.00. The van der Waals surface area contributed by atoms with Crippen LogP contribution in [-0.4, -0.2) is 27.6 Å². The first-order valence-corrected chi connectivity index (χ1v) is 12.2. The van der Waals surface area contributed by atoms with Crippen LogP contribution in [0, 0.1) is 25.5 Å². The van der Waals surface area contributed by atoms with Crippen LogP contribution in [-0.2, 0) is 7.05 Å². The van der Waals surface area contributed by atoms with Crippen LogP contribution in [0.2, 0.25) is 0 Å². The lowest BCUT2D eigenvalue weighted by molar-refractivity contribution is 0.102. The van der Waals surface area contributed by atoms with Gasteiger partial charge < -0.3 is 19.4 Å². The van der Waals surface area contributed by atoms with E-state index in [1.54, 1.807) is 43.7 Å². The normalized spacial score (nSPS) is 10.9. The van der Waals surface area contributed by atoms with E-state index in [9.17, 15) is 14.0 Å². The van der Waals surface area contributed by atoms with Crippen LogP contribution in [0.15, 0.2) is 71.8 Å². The molecule has 1 N–H and O–H groups in total. The number of carbonyl (C=O) groups excluding carboxylic acids is 1. The van der Waals surface area contributed by atoms with Crippen molar-refractivity contribution < 1.29 is 23.0 Å². The molecule has 5 rings (SSSR count). The summed E-state index contributed by atoms with van der Waals surface area (Å²) in [6.07, 6.45) is 2.93. The molecule has 0 aliphatic carbocycles. The number of anilines is 1. The second-order valence-corrected chi connectivity index (χ2v) is 9.13. The fraction of sp³-hybridized carbons (Fsp3) is 0.133. The highest BCUT2D eigenvalue weighted by molar-refractivity contribution is 6.04. The van der Waals surface area contributed by atoms with Gasteiger partial charge in [-0.25, -0.2) is 13.8 Å². The van der Waals surface area contributed by atoms with E-state index in [0.717, 1.165) is 6.07 Å². The number of ether oxygens (including phenoxy) is 2. The number of hydrogen-bond acceptors (Lipinski definition) is 6. The Morgan fingerprint density at radius 3 is 2.52 bits per heavy atom. The Morgan fingerprint density at radius 1 is 1.00 bits per heavy atom. The van der Waals surface area contributed by atoms with E-state index in [-0.39, 0.29) is 28.3 Å². The summed E-state index contributed by atoms with van der Waals surface area (Å²) in [5.74, 6) is -1.37. The number of fused-ring (bicyclic) bond motifs is 1. The monoisotopic (exact) mass is 542 g/mol. The Balaban J connectivity index is 1.43. The Hall–Kier alpha value is -5.12. The Labute approximate surface area is 227 Å². The van der Waals surface area contributed by atoms with Gasteiger partial charge in [0.1, 0.15) is 16.9 Å². The van der Waals surface area contributed by atoms with Crippen molar-refractivity contribution in [3.8, 4) is 28.5 Å². The van der Waals surface area contributed by atoms with E-state index in [0.29, 0.717) is 33.7 Å². The molecular weight excluding hydrogens is 518 g/mol. The molecule has 10 heteroatoms. The standard InChI is InChI=1S/C30H24F2N4O4/c1-16-13-18(31)5-7-20(16)27-17(2)36(3)15-21(29(27)37)30(38)34-19-6-9-24(22(32)14-19)40-25-11-12-33-23-8-10-26(39-4)35-28(23)25/h5-15H,1-4H3,(H,34,38). The van der Waals surface area contributed by atoms with Gasteiger partial charge >= 0.3 is 0 Å². The fourth-order valence-electron chi connectivity index (χ4n) is 4.37. The maximum atomic E-state index is 15.1. The van der Waals surface area contributed by atoms with Gasteiger partial charge in [-0.1, -0.05) is 6.07 Å². The number of rotatable bonds is 6. The summed E-state index contributed by atoms with van der Waals surface area (Å²) >= 11 is 0. The first kappa shape index (κ1) is 26.5. The van der Waals surface area contributed by atoms with Gasteiger partial charge in [0, 0.05) is 54.6 Å². The molecule has 0 saturated heterocycles. The van der Waals surface area contributed by atoms with Crippen LogP contribution in [0.5, 0.6) is 17.4 Å². The molecule has 3 heterocycles. The number of nitrogens with one attached hydrogen (secondary N) is 1. The number of halogens is 2. The van der Waals surface area contributed by atoms with E-state index in [1.165, 1.54) is 49.8 Å². The van der Waals surface area contributed by atoms with E-state index >= 15 is 4.39 Å². The van der Waals surface area contributed by atoms with Gasteiger partial charge in [0.05, 0.1) is 12.6 Å². The predicted octanol–water partition coefficient (Wildman–Crippen LogP) is 5.94. The minimum absolute atomic E-state index is 0.101. The van der Waals surface area contributed by atoms with Crippen LogP contribution < -0.4 is 20.2 Å². The van der Waals surface area contributed by atoms with Crippen molar-refractivity contribution in [1.29, 1.82) is 0 Å². The summed E-state index contributed by atoms with van der Waals surface area (Å²) in [6, 6.07) is 12.9. The molecule has 5 aromatic rings. The number of pyridine rings is 3. The van der Waals surface area contributed by atoms with E-state index in [1.807, 2.05) is 0 Å². The number of hydrogen-bond donors (Lipinski definition) is 1. The first-order chi connectivity index (χ1) is 19.2. The van der Waals surface area contributed by atoms with Crippen molar-refractivity contribution in [1.82, 2.24) is 14.5 Å². The second-order valence-electron chi connectivity index (χ2n) is 9.13. The molecule has 0 saturated carbocycles. The third-order valence-corrected chi connectivity index (χ3v) is 6.53. The van der Waals surface area contributed by atoms with Gasteiger partial charge in [-0.2, -0.15) is 0 Å².